The maximum atomic E-state index is 13.0. The first-order chi connectivity index (χ1) is 13.8. The number of hydrazone groups is 1. The molecule has 1 N–H and O–H groups in total. The molecule has 4 aromatic rings. The number of rotatable bonds is 5. The fraction of sp³-hybridized carbons (Fsp3) is 0. The summed E-state index contributed by atoms with van der Waals surface area (Å²) >= 11 is 0. The largest absolute Gasteiger partial charge is 0.261 e. The Bertz CT molecular complexity index is 1020. The molecule has 0 radical (unpaired) electrons. The molecule has 0 aliphatic heterocycles. The molecule has 3 aromatic carbocycles. The Kier molecular flexibility index (Phi) is 5.15. The van der Waals surface area contributed by atoms with E-state index in [-0.39, 0.29) is 5.82 Å². The van der Waals surface area contributed by atoms with Crippen LogP contribution in [0.2, 0.25) is 0 Å². The van der Waals surface area contributed by atoms with Crippen molar-refractivity contribution in [1.29, 1.82) is 0 Å². The van der Waals surface area contributed by atoms with E-state index in [1.807, 2.05) is 66.7 Å². The quantitative estimate of drug-likeness (QED) is 0.379. The molecule has 0 saturated heterocycles. The maximum absolute atomic E-state index is 13.0. The van der Waals surface area contributed by atoms with Gasteiger partial charge in [-0.3, -0.25) is 5.43 Å². The van der Waals surface area contributed by atoms with Gasteiger partial charge in [-0.25, -0.2) is 14.4 Å². The minimum absolute atomic E-state index is 0.277. The molecule has 136 valence electrons. The Hall–Kier alpha value is -3.86. The van der Waals surface area contributed by atoms with Crippen LogP contribution in [0.3, 0.4) is 0 Å². The van der Waals surface area contributed by atoms with Gasteiger partial charge in [0.05, 0.1) is 11.9 Å². The minimum Gasteiger partial charge on any atom is -0.261 e. The monoisotopic (exact) mass is 368 g/mol. The van der Waals surface area contributed by atoms with Crippen molar-refractivity contribution in [2.24, 2.45) is 5.10 Å². The second kappa shape index (κ2) is 8.22. The number of anilines is 1. The van der Waals surface area contributed by atoms with E-state index < -0.39 is 0 Å². The predicted octanol–water partition coefficient (Wildman–Crippen LogP) is 5.40. The van der Waals surface area contributed by atoms with Gasteiger partial charge < -0.3 is 0 Å². The first-order valence-electron chi connectivity index (χ1n) is 8.82. The van der Waals surface area contributed by atoms with Crippen LogP contribution in [0.15, 0.2) is 96.1 Å². The summed E-state index contributed by atoms with van der Waals surface area (Å²) in [6.45, 7) is 0. The van der Waals surface area contributed by atoms with Gasteiger partial charge in [-0.15, -0.1) is 0 Å². The lowest BCUT2D eigenvalue weighted by atomic mass is 10.1. The molecule has 0 aliphatic carbocycles. The molecule has 0 saturated carbocycles. The molecule has 1 aromatic heterocycles. The summed E-state index contributed by atoms with van der Waals surface area (Å²) in [4.78, 5) is 9.28. The van der Waals surface area contributed by atoms with Crippen molar-refractivity contribution < 1.29 is 4.39 Å². The van der Waals surface area contributed by atoms with Gasteiger partial charge in [0.1, 0.15) is 5.82 Å². The average Bonchev–Trinajstić information content (AvgIpc) is 2.76. The summed E-state index contributed by atoms with van der Waals surface area (Å²) in [5.41, 5.74) is 6.45. The summed E-state index contributed by atoms with van der Waals surface area (Å²) in [7, 11) is 0. The van der Waals surface area contributed by atoms with Crippen molar-refractivity contribution in [1.82, 2.24) is 9.97 Å². The fourth-order valence-corrected chi connectivity index (χ4v) is 2.70. The van der Waals surface area contributed by atoms with Gasteiger partial charge >= 0.3 is 0 Å². The molecule has 0 aliphatic rings. The van der Waals surface area contributed by atoms with Crippen LogP contribution in [0, 0.1) is 5.82 Å². The lowest BCUT2D eigenvalue weighted by Crippen LogP contribution is -1.99. The van der Waals surface area contributed by atoms with Crippen LogP contribution in [-0.2, 0) is 0 Å². The summed E-state index contributed by atoms with van der Waals surface area (Å²) < 4.78 is 13.0. The summed E-state index contributed by atoms with van der Waals surface area (Å²) in [6, 6.07) is 27.7. The Morgan fingerprint density at radius 3 is 2.07 bits per heavy atom. The minimum atomic E-state index is -0.277. The van der Waals surface area contributed by atoms with Crippen molar-refractivity contribution >= 4 is 12.0 Å². The van der Waals surface area contributed by atoms with Crippen LogP contribution in [0.1, 0.15) is 5.56 Å². The van der Waals surface area contributed by atoms with Crippen LogP contribution in [0.4, 0.5) is 10.2 Å². The highest BCUT2D eigenvalue weighted by atomic mass is 19.1. The van der Waals surface area contributed by atoms with Gasteiger partial charge in [0.15, 0.2) is 11.6 Å². The summed E-state index contributed by atoms with van der Waals surface area (Å²) in [5, 5.41) is 4.22. The van der Waals surface area contributed by atoms with Crippen LogP contribution in [-0.4, -0.2) is 16.2 Å². The third kappa shape index (κ3) is 4.27. The molecular weight excluding hydrogens is 351 g/mol. The van der Waals surface area contributed by atoms with E-state index in [0.29, 0.717) is 11.6 Å². The first kappa shape index (κ1) is 17.5. The summed E-state index contributed by atoms with van der Waals surface area (Å²) in [6.07, 6.45) is 1.62. The lowest BCUT2D eigenvalue weighted by Gasteiger charge is -2.08. The highest BCUT2D eigenvalue weighted by molar-refractivity contribution is 5.80. The zero-order valence-electron chi connectivity index (χ0n) is 15.0. The molecule has 0 fully saturated rings. The van der Waals surface area contributed by atoms with Gasteiger partial charge in [-0.2, -0.15) is 5.10 Å². The highest BCUT2D eigenvalue weighted by Gasteiger charge is 2.08. The predicted molar refractivity (Wildman–Crippen MR) is 111 cm³/mol. The zero-order valence-corrected chi connectivity index (χ0v) is 15.0. The number of hydrogen-bond donors (Lipinski definition) is 1. The third-order valence-corrected chi connectivity index (χ3v) is 4.09. The number of hydrogen-bond acceptors (Lipinski definition) is 4. The molecule has 0 atom stereocenters. The van der Waals surface area contributed by atoms with E-state index >= 15 is 0 Å². The normalized spacial score (nSPS) is 10.9. The maximum Gasteiger partial charge on any atom is 0.162 e. The number of nitrogens with one attached hydrogen (secondary N) is 1. The van der Waals surface area contributed by atoms with Gasteiger partial charge in [0.25, 0.3) is 0 Å². The molecule has 4 nitrogen and oxygen atoms in total. The Morgan fingerprint density at radius 2 is 1.39 bits per heavy atom. The number of benzene rings is 3. The molecule has 0 unspecified atom stereocenters. The highest BCUT2D eigenvalue weighted by Crippen LogP contribution is 2.24. The zero-order chi connectivity index (χ0) is 19.2. The van der Waals surface area contributed by atoms with Crippen molar-refractivity contribution in [3.05, 3.63) is 102 Å². The lowest BCUT2D eigenvalue weighted by molar-refractivity contribution is 0.628. The van der Waals surface area contributed by atoms with Gasteiger partial charge in [0, 0.05) is 17.2 Å². The molecule has 0 spiro atoms. The fourth-order valence-electron chi connectivity index (χ4n) is 2.70. The standard InChI is InChI=1S/C23H17FN4/c24-20-13-11-17(12-14-20)16-25-28-22-15-21(18-7-3-1-4-8-18)26-23(27-22)19-9-5-2-6-10-19/h1-16H,(H,26,27,28)/b25-16-. The van der Waals surface area contributed by atoms with Crippen LogP contribution >= 0.6 is 0 Å². The number of aromatic nitrogens is 2. The molecule has 5 heteroatoms. The second-order valence-electron chi connectivity index (χ2n) is 6.12. The molecule has 1 heterocycles. The molecule has 0 bridgehead atoms. The van der Waals surface area contributed by atoms with E-state index in [2.05, 4.69) is 15.5 Å². The van der Waals surface area contributed by atoms with Crippen molar-refractivity contribution in [2.45, 2.75) is 0 Å². The van der Waals surface area contributed by atoms with E-state index in [9.17, 15) is 4.39 Å². The van der Waals surface area contributed by atoms with Gasteiger partial charge in [-0.05, 0) is 17.7 Å². The molecule has 0 amide bonds. The smallest absolute Gasteiger partial charge is 0.162 e. The summed E-state index contributed by atoms with van der Waals surface area (Å²) in [5.74, 6) is 0.911. The SMILES string of the molecule is Fc1ccc(/C=N\Nc2cc(-c3ccccc3)nc(-c3ccccc3)n2)cc1. The first-order valence-corrected chi connectivity index (χ1v) is 8.82. The Balaban J connectivity index is 1.66. The van der Waals surface area contributed by atoms with Gasteiger partial charge in [-0.1, -0.05) is 72.8 Å². The van der Waals surface area contributed by atoms with Gasteiger partial charge in [0.2, 0.25) is 0 Å². The van der Waals surface area contributed by atoms with Crippen molar-refractivity contribution in [3.8, 4) is 22.6 Å². The van der Waals surface area contributed by atoms with Crippen LogP contribution < -0.4 is 5.43 Å². The van der Waals surface area contributed by atoms with E-state index in [0.717, 1.165) is 22.4 Å². The average molecular weight is 368 g/mol. The third-order valence-electron chi connectivity index (χ3n) is 4.09. The van der Waals surface area contributed by atoms with Crippen LogP contribution in [0.25, 0.3) is 22.6 Å². The Morgan fingerprint density at radius 1 is 0.750 bits per heavy atom. The van der Waals surface area contributed by atoms with Crippen molar-refractivity contribution in [3.63, 3.8) is 0 Å². The molecular formula is C23H17FN4. The van der Waals surface area contributed by atoms with E-state index in [1.54, 1.807) is 18.3 Å². The number of halogens is 1. The van der Waals surface area contributed by atoms with Crippen molar-refractivity contribution in [2.75, 3.05) is 5.43 Å². The van der Waals surface area contributed by atoms with E-state index in [4.69, 9.17) is 4.98 Å². The Labute approximate surface area is 162 Å². The van der Waals surface area contributed by atoms with Crippen LogP contribution in [0.5, 0.6) is 0 Å². The topological polar surface area (TPSA) is 50.2 Å². The second-order valence-corrected chi connectivity index (χ2v) is 6.12. The molecule has 4 rings (SSSR count). The molecule has 28 heavy (non-hydrogen) atoms. The van der Waals surface area contributed by atoms with E-state index in [1.165, 1.54) is 12.1 Å². The number of nitrogens with zero attached hydrogens (tertiary/aromatic N) is 3.